The van der Waals surface area contributed by atoms with Crippen LogP contribution in [0.25, 0.3) is 16.7 Å². The first kappa shape index (κ1) is 23.9. The summed E-state index contributed by atoms with van der Waals surface area (Å²) in [5, 5.41) is 12.2. The Kier molecular flexibility index (Phi) is 6.67. The molecule has 2 N–H and O–H groups in total. The summed E-state index contributed by atoms with van der Waals surface area (Å²) in [5.74, 6) is -0.374. The Morgan fingerprint density at radius 1 is 1.08 bits per heavy atom. The van der Waals surface area contributed by atoms with Crippen LogP contribution in [-0.2, 0) is 11.3 Å². The number of carbonyl (C=O) groups is 1. The zero-order valence-corrected chi connectivity index (χ0v) is 20.6. The molecule has 0 unspecified atom stereocenters. The fraction of sp³-hybridized carbons (Fsp3) is 0.333. The zero-order chi connectivity index (χ0) is 25.2. The van der Waals surface area contributed by atoms with Crippen molar-refractivity contribution in [2.75, 3.05) is 39.4 Å². The third-order valence-electron chi connectivity index (χ3n) is 6.58. The van der Waals surface area contributed by atoms with E-state index >= 15 is 0 Å². The van der Waals surface area contributed by atoms with Crippen LogP contribution in [0.5, 0.6) is 0 Å². The van der Waals surface area contributed by atoms with Gasteiger partial charge < -0.3 is 14.6 Å². The van der Waals surface area contributed by atoms with Crippen LogP contribution in [0.15, 0.2) is 53.5 Å². The van der Waals surface area contributed by atoms with Crippen molar-refractivity contribution in [3.05, 3.63) is 86.8 Å². The fourth-order valence-corrected chi connectivity index (χ4v) is 4.49. The molecule has 1 saturated heterocycles. The molecule has 0 radical (unpaired) electrons. The van der Waals surface area contributed by atoms with E-state index in [4.69, 9.17) is 15.1 Å². The molecule has 0 atom stereocenters. The van der Waals surface area contributed by atoms with Crippen LogP contribution in [0.4, 0.5) is 0 Å². The molecular weight excluding hydrogens is 456 g/mol. The average Bonchev–Trinajstić information content (AvgIpc) is 2.88. The van der Waals surface area contributed by atoms with E-state index in [2.05, 4.69) is 10.2 Å². The van der Waals surface area contributed by atoms with Gasteiger partial charge >= 0.3 is 0 Å². The van der Waals surface area contributed by atoms with Crippen molar-refractivity contribution < 1.29 is 9.53 Å². The maximum Gasteiger partial charge on any atom is 0.267 e. The third-order valence-corrected chi connectivity index (χ3v) is 6.58. The van der Waals surface area contributed by atoms with E-state index in [1.165, 1.54) is 10.5 Å². The highest BCUT2D eigenvalue weighted by Gasteiger charge is 2.18. The summed E-state index contributed by atoms with van der Waals surface area (Å²) in [7, 11) is 0. The minimum Gasteiger partial charge on any atom is -0.379 e. The summed E-state index contributed by atoms with van der Waals surface area (Å²) in [4.78, 5) is 33.7. The predicted molar refractivity (Wildman–Crippen MR) is 137 cm³/mol. The number of carbonyl (C=O) groups excluding carboxylic acids is 1. The number of fused-ring (bicyclic) bond motifs is 2. The number of benzene rings is 1. The van der Waals surface area contributed by atoms with Crippen LogP contribution in [0.3, 0.4) is 0 Å². The zero-order valence-electron chi connectivity index (χ0n) is 20.6. The van der Waals surface area contributed by atoms with Crippen molar-refractivity contribution in [3.8, 4) is 0 Å². The first-order valence-electron chi connectivity index (χ1n) is 12.2. The topological polar surface area (TPSA) is 105 Å². The molecule has 1 aliphatic heterocycles. The second kappa shape index (κ2) is 10.0. The number of aryl methyl sites for hydroxylation is 2. The van der Waals surface area contributed by atoms with Gasteiger partial charge in [-0.1, -0.05) is 35.9 Å². The Morgan fingerprint density at radius 3 is 2.56 bits per heavy atom. The smallest absolute Gasteiger partial charge is 0.267 e. The van der Waals surface area contributed by atoms with E-state index in [-0.39, 0.29) is 22.5 Å². The normalized spacial score (nSPS) is 14.4. The van der Waals surface area contributed by atoms with Gasteiger partial charge in [0.15, 0.2) is 0 Å². The van der Waals surface area contributed by atoms with Gasteiger partial charge in [-0.25, -0.2) is 4.98 Å². The van der Waals surface area contributed by atoms with Gasteiger partial charge in [0, 0.05) is 32.4 Å². The van der Waals surface area contributed by atoms with E-state index < -0.39 is 0 Å². The molecule has 9 heteroatoms. The molecule has 1 aliphatic rings. The lowest BCUT2D eigenvalue weighted by Crippen LogP contribution is -2.42. The van der Waals surface area contributed by atoms with Gasteiger partial charge in [0.25, 0.3) is 11.5 Å². The second-order valence-electron chi connectivity index (χ2n) is 9.28. The minimum atomic E-state index is -0.374. The van der Waals surface area contributed by atoms with Crippen LogP contribution in [0.2, 0.25) is 0 Å². The standard InChI is InChI=1S/C27H30N6O3/c1-18-3-6-20(7-4-18)17-33-24(28)21(26(34)29-9-10-31-11-13-36-14-12-31)15-22-25(33)30-23-8-5-19(2)16-32(23)27(22)35/h3-8,15-16,28H,9-14,17H2,1-2H3,(H,29,34). The highest BCUT2D eigenvalue weighted by Crippen LogP contribution is 2.14. The molecule has 3 aromatic heterocycles. The largest absolute Gasteiger partial charge is 0.379 e. The minimum absolute atomic E-state index is 0.0234. The molecule has 0 aliphatic carbocycles. The van der Waals surface area contributed by atoms with Crippen LogP contribution >= 0.6 is 0 Å². The Bertz CT molecular complexity index is 1550. The summed E-state index contributed by atoms with van der Waals surface area (Å²) < 4.78 is 8.53. The molecule has 1 amide bonds. The van der Waals surface area contributed by atoms with Crippen molar-refractivity contribution in [1.82, 2.24) is 24.2 Å². The van der Waals surface area contributed by atoms with Gasteiger partial charge in [-0.2, -0.15) is 0 Å². The molecule has 4 heterocycles. The third kappa shape index (κ3) is 4.80. The lowest BCUT2D eigenvalue weighted by Gasteiger charge is -2.26. The molecule has 1 aromatic carbocycles. The van der Waals surface area contributed by atoms with Gasteiger partial charge in [0.1, 0.15) is 16.8 Å². The summed E-state index contributed by atoms with van der Waals surface area (Å²) in [5.41, 5.74) is 3.81. The van der Waals surface area contributed by atoms with Crippen molar-refractivity contribution in [1.29, 1.82) is 5.41 Å². The first-order chi connectivity index (χ1) is 17.4. The molecule has 9 nitrogen and oxygen atoms in total. The van der Waals surface area contributed by atoms with Crippen LogP contribution in [-0.4, -0.2) is 64.2 Å². The number of rotatable bonds is 6. The van der Waals surface area contributed by atoms with Crippen LogP contribution in [0, 0.1) is 19.3 Å². The van der Waals surface area contributed by atoms with Crippen molar-refractivity contribution in [2.45, 2.75) is 20.4 Å². The van der Waals surface area contributed by atoms with Gasteiger partial charge in [-0.3, -0.25) is 24.3 Å². The lowest BCUT2D eigenvalue weighted by atomic mass is 10.1. The molecule has 4 aromatic rings. The highest BCUT2D eigenvalue weighted by molar-refractivity contribution is 5.96. The maximum atomic E-state index is 13.5. The monoisotopic (exact) mass is 486 g/mol. The second-order valence-corrected chi connectivity index (χ2v) is 9.28. The van der Waals surface area contributed by atoms with Crippen LogP contribution < -0.4 is 16.4 Å². The van der Waals surface area contributed by atoms with Gasteiger partial charge in [-0.15, -0.1) is 0 Å². The molecular formula is C27H30N6O3. The number of nitrogens with zero attached hydrogens (tertiary/aromatic N) is 4. The Morgan fingerprint density at radius 2 is 1.81 bits per heavy atom. The number of hydrogen-bond acceptors (Lipinski definition) is 6. The van der Waals surface area contributed by atoms with E-state index in [0.717, 1.165) is 29.8 Å². The number of nitrogens with one attached hydrogen (secondary N) is 2. The molecule has 36 heavy (non-hydrogen) atoms. The predicted octanol–water partition coefficient (Wildman–Crippen LogP) is 1.86. The maximum absolute atomic E-state index is 13.5. The Hall–Kier alpha value is -3.82. The summed E-state index contributed by atoms with van der Waals surface area (Å²) in [6, 6.07) is 13.2. The molecule has 0 spiro atoms. The summed E-state index contributed by atoms with van der Waals surface area (Å²) >= 11 is 0. The number of amides is 1. The molecule has 186 valence electrons. The summed E-state index contributed by atoms with van der Waals surface area (Å²) in [6.07, 6.45) is 1.74. The van der Waals surface area contributed by atoms with E-state index in [9.17, 15) is 9.59 Å². The lowest BCUT2D eigenvalue weighted by molar-refractivity contribution is 0.0383. The van der Waals surface area contributed by atoms with E-state index in [1.54, 1.807) is 16.8 Å². The SMILES string of the molecule is Cc1ccc(Cn2c(=N)c(C(=O)NCCN3CCOCC3)cc3c(=O)n4cc(C)ccc4nc32)cc1. The highest BCUT2D eigenvalue weighted by atomic mass is 16.5. The summed E-state index contributed by atoms with van der Waals surface area (Å²) in [6.45, 7) is 8.45. The molecule has 0 bridgehead atoms. The van der Waals surface area contributed by atoms with E-state index in [1.807, 2.05) is 44.2 Å². The van der Waals surface area contributed by atoms with E-state index in [0.29, 0.717) is 49.5 Å². The number of aromatic nitrogens is 3. The average molecular weight is 487 g/mol. The Balaban J connectivity index is 1.57. The van der Waals surface area contributed by atoms with Gasteiger partial charge in [0.2, 0.25) is 0 Å². The quantitative estimate of drug-likeness (QED) is 0.405. The molecule has 5 rings (SSSR count). The van der Waals surface area contributed by atoms with Crippen molar-refractivity contribution in [2.24, 2.45) is 0 Å². The molecule has 0 saturated carbocycles. The Labute approximate surface area is 208 Å². The fourth-order valence-electron chi connectivity index (χ4n) is 4.49. The van der Waals surface area contributed by atoms with Crippen molar-refractivity contribution in [3.63, 3.8) is 0 Å². The van der Waals surface area contributed by atoms with Gasteiger partial charge in [0.05, 0.1) is 30.7 Å². The number of ether oxygens (including phenoxy) is 1. The van der Waals surface area contributed by atoms with Gasteiger partial charge in [-0.05, 0) is 37.1 Å². The van der Waals surface area contributed by atoms with Crippen molar-refractivity contribution >= 4 is 22.6 Å². The molecule has 1 fully saturated rings. The number of pyridine rings is 2. The first-order valence-corrected chi connectivity index (χ1v) is 12.2. The number of morpholine rings is 1. The number of hydrogen-bond donors (Lipinski definition) is 2. The van der Waals surface area contributed by atoms with Crippen LogP contribution in [0.1, 0.15) is 27.0 Å².